The Labute approximate surface area is 164 Å². The second-order valence-electron chi connectivity index (χ2n) is 9.14. The number of carbonyl (C=O) groups excluding carboxylic acids is 1. The lowest BCUT2D eigenvalue weighted by Crippen LogP contribution is -2.54. The molecule has 6 heteroatoms. The normalized spacial score (nSPS) is 41.0. The first-order chi connectivity index (χ1) is 13.0. The number of fused-ring (bicyclic) bond motifs is 3. The Morgan fingerprint density at radius 1 is 1.29 bits per heavy atom. The van der Waals surface area contributed by atoms with Crippen LogP contribution in [0.3, 0.4) is 0 Å². The van der Waals surface area contributed by atoms with Crippen molar-refractivity contribution in [1.82, 2.24) is 0 Å². The average Bonchev–Trinajstić information content (AvgIpc) is 2.67. The van der Waals surface area contributed by atoms with Gasteiger partial charge in [0.05, 0.1) is 6.07 Å². The highest BCUT2D eigenvalue weighted by molar-refractivity contribution is 5.83. The van der Waals surface area contributed by atoms with Gasteiger partial charge in [0, 0.05) is 24.8 Å². The van der Waals surface area contributed by atoms with Crippen LogP contribution in [0.4, 0.5) is 13.2 Å². The Hall–Kier alpha value is -1.61. The maximum Gasteiger partial charge on any atom is 0.417 e. The van der Waals surface area contributed by atoms with Gasteiger partial charge in [0.15, 0.2) is 5.60 Å². The molecule has 0 aromatic rings. The largest absolute Gasteiger partial charge is 0.417 e. The smallest absolute Gasteiger partial charge is 0.380 e. The van der Waals surface area contributed by atoms with Crippen LogP contribution in [-0.4, -0.2) is 22.7 Å². The molecule has 0 amide bonds. The molecule has 5 unspecified atom stereocenters. The van der Waals surface area contributed by atoms with Crippen molar-refractivity contribution in [2.75, 3.05) is 0 Å². The molecule has 0 heterocycles. The molecule has 3 nitrogen and oxygen atoms in total. The molecule has 3 aliphatic rings. The molecule has 0 saturated heterocycles. The van der Waals surface area contributed by atoms with Crippen molar-refractivity contribution in [3.8, 4) is 6.07 Å². The molecule has 0 spiro atoms. The fourth-order valence-corrected chi connectivity index (χ4v) is 5.60. The van der Waals surface area contributed by atoms with Gasteiger partial charge in [-0.05, 0) is 55.8 Å². The third-order valence-corrected chi connectivity index (χ3v) is 7.51. The van der Waals surface area contributed by atoms with Gasteiger partial charge in [-0.15, -0.1) is 0 Å². The maximum absolute atomic E-state index is 13.4. The van der Waals surface area contributed by atoms with E-state index in [0.29, 0.717) is 24.8 Å². The van der Waals surface area contributed by atoms with Gasteiger partial charge in [0.25, 0.3) is 0 Å². The standard InChI is InChI=1S/C22H28F3NO2/c1-14-3-4-15(9-12-26)5-8-18(27)19-17(14)7-6-16-13-21(28,22(23,24)25)11-10-20(16,19)2/h6,9,14,17,19,28H,3-5,7-8,10-11,13H2,1-2H3. The number of nitrogens with zero attached hydrogens (tertiary/aromatic N) is 1. The number of rotatable bonds is 0. The number of nitriles is 1. The monoisotopic (exact) mass is 395 g/mol. The lowest BCUT2D eigenvalue weighted by molar-refractivity contribution is -0.270. The number of halogens is 3. The minimum atomic E-state index is -4.67. The van der Waals surface area contributed by atoms with Crippen LogP contribution in [0.1, 0.15) is 65.2 Å². The number of hydrogen-bond donors (Lipinski definition) is 1. The average molecular weight is 395 g/mol. The Morgan fingerprint density at radius 2 is 2.00 bits per heavy atom. The summed E-state index contributed by atoms with van der Waals surface area (Å²) in [5, 5.41) is 19.2. The first-order valence-corrected chi connectivity index (χ1v) is 10.1. The molecule has 2 saturated carbocycles. The van der Waals surface area contributed by atoms with Crippen LogP contribution in [0.5, 0.6) is 0 Å². The van der Waals surface area contributed by atoms with E-state index in [1.165, 1.54) is 6.08 Å². The Morgan fingerprint density at radius 3 is 2.64 bits per heavy atom. The highest BCUT2D eigenvalue weighted by Crippen LogP contribution is 2.59. The van der Waals surface area contributed by atoms with E-state index in [4.69, 9.17) is 5.26 Å². The van der Waals surface area contributed by atoms with Crippen molar-refractivity contribution in [2.24, 2.45) is 23.2 Å². The predicted octanol–water partition coefficient (Wildman–Crippen LogP) is 5.26. The Bertz CT molecular complexity index is 748. The molecule has 0 bridgehead atoms. The minimum Gasteiger partial charge on any atom is -0.380 e. The molecule has 3 rings (SSSR count). The van der Waals surface area contributed by atoms with Crippen LogP contribution in [0.25, 0.3) is 0 Å². The molecule has 0 aromatic carbocycles. The van der Waals surface area contributed by atoms with Gasteiger partial charge in [0.2, 0.25) is 0 Å². The minimum absolute atomic E-state index is 0.0909. The summed E-state index contributed by atoms with van der Waals surface area (Å²) in [6.45, 7) is 4.03. The van der Waals surface area contributed by atoms with Gasteiger partial charge >= 0.3 is 6.18 Å². The van der Waals surface area contributed by atoms with Crippen molar-refractivity contribution < 1.29 is 23.1 Å². The number of alkyl halides is 3. The summed E-state index contributed by atoms with van der Waals surface area (Å²) in [7, 11) is 0. The van der Waals surface area contributed by atoms with Crippen molar-refractivity contribution in [3.63, 3.8) is 0 Å². The zero-order valence-electron chi connectivity index (χ0n) is 16.5. The van der Waals surface area contributed by atoms with E-state index in [-0.39, 0.29) is 36.4 Å². The van der Waals surface area contributed by atoms with Gasteiger partial charge in [0.1, 0.15) is 5.78 Å². The van der Waals surface area contributed by atoms with E-state index in [1.54, 1.807) is 0 Å². The topological polar surface area (TPSA) is 61.1 Å². The molecular formula is C22H28F3NO2. The fraction of sp³-hybridized carbons (Fsp3) is 0.727. The summed E-state index contributed by atoms with van der Waals surface area (Å²) < 4.78 is 40.2. The zero-order chi connectivity index (χ0) is 20.7. The van der Waals surface area contributed by atoms with Crippen LogP contribution in [-0.2, 0) is 4.79 Å². The summed E-state index contributed by atoms with van der Waals surface area (Å²) in [4.78, 5) is 13.2. The van der Waals surface area contributed by atoms with E-state index in [1.807, 2.05) is 13.0 Å². The Balaban J connectivity index is 1.95. The van der Waals surface area contributed by atoms with Crippen LogP contribution in [0.15, 0.2) is 23.3 Å². The second-order valence-corrected chi connectivity index (χ2v) is 9.14. The molecule has 0 radical (unpaired) electrons. The summed E-state index contributed by atoms with van der Waals surface area (Å²) in [5.74, 6) is 0.113. The number of allylic oxidation sites excluding steroid dienone is 3. The second kappa shape index (κ2) is 7.33. The van der Waals surface area contributed by atoms with Crippen molar-refractivity contribution in [1.29, 1.82) is 5.26 Å². The molecule has 5 atom stereocenters. The summed E-state index contributed by atoms with van der Waals surface area (Å²) in [6, 6.07) is 2.06. The van der Waals surface area contributed by atoms with Crippen LogP contribution >= 0.6 is 0 Å². The zero-order valence-corrected chi connectivity index (χ0v) is 16.5. The number of aliphatic hydroxyl groups is 1. The third-order valence-electron chi connectivity index (χ3n) is 7.51. The summed E-state index contributed by atoms with van der Waals surface area (Å²) in [6.07, 6.45) is 1.20. The van der Waals surface area contributed by atoms with Crippen LogP contribution < -0.4 is 0 Å². The molecule has 1 N–H and O–H groups in total. The van der Waals surface area contributed by atoms with Crippen molar-refractivity contribution >= 4 is 5.78 Å². The molecule has 3 aliphatic carbocycles. The molecule has 28 heavy (non-hydrogen) atoms. The summed E-state index contributed by atoms with van der Waals surface area (Å²) in [5.41, 5.74) is -1.75. The lowest BCUT2D eigenvalue weighted by atomic mass is 9.52. The van der Waals surface area contributed by atoms with E-state index < -0.39 is 23.6 Å². The number of carbonyl (C=O) groups is 1. The quantitative estimate of drug-likeness (QED) is 0.449. The van der Waals surface area contributed by atoms with E-state index in [9.17, 15) is 23.1 Å². The number of Topliss-reactive ketones (excluding diaryl/α,β-unsaturated/α-hetero) is 1. The molecular weight excluding hydrogens is 367 g/mol. The highest BCUT2D eigenvalue weighted by atomic mass is 19.4. The maximum atomic E-state index is 13.4. The third kappa shape index (κ3) is 3.54. The molecule has 2 fully saturated rings. The number of ketones is 1. The first kappa shape index (κ1) is 21.1. The van der Waals surface area contributed by atoms with Crippen molar-refractivity contribution in [2.45, 2.75) is 77.0 Å². The van der Waals surface area contributed by atoms with Gasteiger partial charge in [-0.1, -0.05) is 31.1 Å². The molecule has 0 aromatic heterocycles. The van der Waals surface area contributed by atoms with Crippen molar-refractivity contribution in [3.05, 3.63) is 23.3 Å². The highest BCUT2D eigenvalue weighted by Gasteiger charge is 2.61. The van der Waals surface area contributed by atoms with E-state index in [0.717, 1.165) is 18.4 Å². The fourth-order valence-electron chi connectivity index (χ4n) is 5.60. The summed E-state index contributed by atoms with van der Waals surface area (Å²) >= 11 is 0. The van der Waals surface area contributed by atoms with Gasteiger partial charge in [-0.3, -0.25) is 4.79 Å². The van der Waals surface area contributed by atoms with E-state index in [2.05, 4.69) is 13.0 Å². The van der Waals surface area contributed by atoms with E-state index >= 15 is 0 Å². The lowest BCUT2D eigenvalue weighted by Gasteiger charge is -2.53. The molecule has 0 aliphatic heterocycles. The SMILES string of the molecule is CC1CCC(=CC#N)CCC(=O)C2C1CC=C1CC(O)(C(F)(F)F)CCC12C. The van der Waals surface area contributed by atoms with Gasteiger partial charge in [-0.2, -0.15) is 18.4 Å². The first-order valence-electron chi connectivity index (χ1n) is 10.1. The molecule has 154 valence electrons. The van der Waals surface area contributed by atoms with Gasteiger partial charge in [-0.25, -0.2) is 0 Å². The van der Waals surface area contributed by atoms with Gasteiger partial charge < -0.3 is 5.11 Å². The van der Waals surface area contributed by atoms with Crippen LogP contribution in [0.2, 0.25) is 0 Å². The predicted molar refractivity (Wildman–Crippen MR) is 99.0 cm³/mol. The Kier molecular flexibility index (Phi) is 5.53. The number of hydrogen-bond acceptors (Lipinski definition) is 3. The van der Waals surface area contributed by atoms with Crippen LogP contribution in [0, 0.1) is 34.5 Å².